The minimum absolute atomic E-state index is 0.0285. The van der Waals surface area contributed by atoms with Gasteiger partial charge in [0, 0.05) is 43.2 Å². The summed E-state index contributed by atoms with van der Waals surface area (Å²) < 4.78 is 10.6. The van der Waals surface area contributed by atoms with E-state index in [0.29, 0.717) is 35.4 Å². The third-order valence-corrected chi connectivity index (χ3v) is 5.94. The number of Topliss-reactive ketones (excluding diaryl/α,β-unsaturated/α-hetero) is 1. The number of rotatable bonds is 4. The summed E-state index contributed by atoms with van der Waals surface area (Å²) in [4.78, 5) is 27.9. The molecule has 2 heterocycles. The van der Waals surface area contributed by atoms with Gasteiger partial charge in [-0.2, -0.15) is 0 Å². The highest BCUT2D eigenvalue weighted by Crippen LogP contribution is 2.45. The number of carbonyl (C=O) groups excluding carboxylic acids is 2. The minimum atomic E-state index is -0.548. The highest BCUT2D eigenvalue weighted by molar-refractivity contribution is 6.04. The van der Waals surface area contributed by atoms with E-state index in [1.807, 2.05) is 21.0 Å². The van der Waals surface area contributed by atoms with Crippen LogP contribution in [0.25, 0.3) is 0 Å². The van der Waals surface area contributed by atoms with E-state index >= 15 is 0 Å². The molecule has 2 aromatic rings. The van der Waals surface area contributed by atoms with Crippen molar-refractivity contribution in [2.45, 2.75) is 31.6 Å². The molecule has 2 atom stereocenters. The number of esters is 1. The number of nitrogens with zero attached hydrogens (tertiary/aromatic N) is 1. The fourth-order valence-electron chi connectivity index (χ4n) is 4.44. The lowest BCUT2D eigenvalue weighted by molar-refractivity contribution is -0.136. The lowest BCUT2D eigenvalue weighted by Gasteiger charge is -2.35. The zero-order valence-corrected chi connectivity index (χ0v) is 17.7. The van der Waals surface area contributed by atoms with Crippen LogP contribution in [0.3, 0.4) is 0 Å². The molecule has 0 unspecified atom stereocenters. The third-order valence-electron chi connectivity index (χ3n) is 5.94. The van der Waals surface area contributed by atoms with Gasteiger partial charge in [0.1, 0.15) is 5.76 Å². The van der Waals surface area contributed by atoms with Gasteiger partial charge in [-0.05, 0) is 49.1 Å². The number of hydrogen-bond acceptors (Lipinski definition) is 6. The predicted molar refractivity (Wildman–Crippen MR) is 114 cm³/mol. The second kappa shape index (κ2) is 7.86. The van der Waals surface area contributed by atoms with E-state index in [-0.39, 0.29) is 11.7 Å². The molecule has 2 aliphatic rings. The Morgan fingerprint density at radius 3 is 2.50 bits per heavy atom. The molecule has 0 fully saturated rings. The van der Waals surface area contributed by atoms with Gasteiger partial charge < -0.3 is 19.4 Å². The van der Waals surface area contributed by atoms with Gasteiger partial charge in [0.15, 0.2) is 5.78 Å². The van der Waals surface area contributed by atoms with Crippen LogP contribution >= 0.6 is 0 Å². The second-order valence-corrected chi connectivity index (χ2v) is 8.01. The Labute approximate surface area is 176 Å². The monoisotopic (exact) mass is 406 g/mol. The van der Waals surface area contributed by atoms with E-state index in [9.17, 15) is 9.59 Å². The first-order valence-electron chi connectivity index (χ1n) is 10.0. The molecule has 1 aromatic carbocycles. The second-order valence-electron chi connectivity index (χ2n) is 8.01. The molecule has 0 spiro atoms. The summed E-state index contributed by atoms with van der Waals surface area (Å²) in [5, 5.41) is 3.32. The van der Waals surface area contributed by atoms with Gasteiger partial charge >= 0.3 is 5.97 Å². The van der Waals surface area contributed by atoms with Crippen molar-refractivity contribution in [3.8, 4) is 0 Å². The van der Waals surface area contributed by atoms with Crippen LogP contribution in [0.15, 0.2) is 69.6 Å². The summed E-state index contributed by atoms with van der Waals surface area (Å²) in [5.74, 6) is -0.313. The molecule has 0 amide bonds. The molecule has 30 heavy (non-hydrogen) atoms. The first-order valence-corrected chi connectivity index (χ1v) is 10.0. The van der Waals surface area contributed by atoms with Gasteiger partial charge in [-0.25, -0.2) is 4.79 Å². The number of furan rings is 1. The maximum Gasteiger partial charge on any atom is 0.336 e. The number of hydrogen-bond donors (Lipinski definition) is 1. The normalized spacial score (nSPS) is 21.3. The first-order chi connectivity index (χ1) is 14.4. The number of anilines is 1. The maximum absolute atomic E-state index is 13.3. The summed E-state index contributed by atoms with van der Waals surface area (Å²) >= 11 is 0. The molecule has 0 saturated heterocycles. The van der Waals surface area contributed by atoms with Crippen molar-refractivity contribution in [1.29, 1.82) is 0 Å². The van der Waals surface area contributed by atoms with Crippen LogP contribution in [-0.4, -0.2) is 33.0 Å². The molecule has 6 nitrogen and oxygen atoms in total. The topological polar surface area (TPSA) is 71.8 Å². The SMILES string of the molecule is COC(=O)C1=C(C)NC2=C(C(=O)C[C@H](c3ccc(N(C)C)cc3)C2)[C@@H]1c1ccco1. The summed E-state index contributed by atoms with van der Waals surface area (Å²) in [6.45, 7) is 1.84. The lowest BCUT2D eigenvalue weighted by atomic mass is 9.73. The summed E-state index contributed by atoms with van der Waals surface area (Å²) in [6.07, 6.45) is 2.65. The Kier molecular flexibility index (Phi) is 5.24. The van der Waals surface area contributed by atoms with E-state index < -0.39 is 11.9 Å². The van der Waals surface area contributed by atoms with E-state index in [1.165, 1.54) is 7.11 Å². The highest BCUT2D eigenvalue weighted by Gasteiger charge is 2.42. The lowest BCUT2D eigenvalue weighted by Crippen LogP contribution is -2.35. The number of allylic oxidation sites excluding steroid dienone is 3. The Hall–Kier alpha value is -3.28. The Morgan fingerprint density at radius 2 is 1.90 bits per heavy atom. The fourth-order valence-corrected chi connectivity index (χ4v) is 4.44. The van der Waals surface area contributed by atoms with Crippen molar-refractivity contribution in [3.63, 3.8) is 0 Å². The fraction of sp³-hybridized carbons (Fsp3) is 0.333. The van der Waals surface area contributed by atoms with Gasteiger partial charge in [0.25, 0.3) is 0 Å². The van der Waals surface area contributed by atoms with Crippen molar-refractivity contribution in [2.24, 2.45) is 0 Å². The van der Waals surface area contributed by atoms with Gasteiger partial charge in [0.2, 0.25) is 0 Å². The largest absolute Gasteiger partial charge is 0.468 e. The molecule has 0 saturated carbocycles. The molecule has 0 bridgehead atoms. The Balaban J connectivity index is 1.72. The van der Waals surface area contributed by atoms with Crippen LogP contribution in [0.5, 0.6) is 0 Å². The van der Waals surface area contributed by atoms with Crippen LogP contribution in [0.1, 0.15) is 42.9 Å². The Bertz CT molecular complexity index is 1030. The number of carbonyl (C=O) groups is 2. The molecule has 6 heteroatoms. The number of dihydropyridines is 1. The van der Waals surface area contributed by atoms with Gasteiger partial charge in [-0.15, -0.1) is 0 Å². The predicted octanol–water partition coefficient (Wildman–Crippen LogP) is 3.88. The van der Waals surface area contributed by atoms with Gasteiger partial charge in [-0.1, -0.05) is 12.1 Å². The molecule has 1 aliphatic heterocycles. The average Bonchev–Trinajstić information content (AvgIpc) is 3.26. The van der Waals surface area contributed by atoms with Crippen molar-refractivity contribution in [1.82, 2.24) is 5.32 Å². The number of ether oxygens (including phenoxy) is 1. The van der Waals surface area contributed by atoms with E-state index in [2.05, 4.69) is 34.5 Å². The van der Waals surface area contributed by atoms with E-state index in [1.54, 1.807) is 18.4 Å². The highest BCUT2D eigenvalue weighted by atomic mass is 16.5. The van der Waals surface area contributed by atoms with Crippen molar-refractivity contribution >= 4 is 17.4 Å². The quantitative estimate of drug-likeness (QED) is 0.777. The summed E-state index contributed by atoms with van der Waals surface area (Å²) in [6, 6.07) is 11.9. The van der Waals surface area contributed by atoms with Crippen LogP contribution in [0, 0.1) is 0 Å². The molecule has 4 rings (SSSR count). The zero-order chi connectivity index (χ0) is 21.4. The van der Waals surface area contributed by atoms with E-state index in [0.717, 1.165) is 16.9 Å². The summed E-state index contributed by atoms with van der Waals surface area (Å²) in [7, 11) is 5.36. The Morgan fingerprint density at radius 1 is 1.17 bits per heavy atom. The minimum Gasteiger partial charge on any atom is -0.468 e. The molecule has 156 valence electrons. The number of methoxy groups -OCH3 is 1. The third kappa shape index (κ3) is 3.43. The van der Waals surface area contributed by atoms with Crippen LogP contribution in [0.2, 0.25) is 0 Å². The summed E-state index contributed by atoms with van der Waals surface area (Å²) in [5.41, 5.74) is 4.84. The first kappa shape index (κ1) is 20.0. The molecule has 1 N–H and O–H groups in total. The van der Waals surface area contributed by atoms with Crippen molar-refractivity contribution in [3.05, 3.63) is 76.5 Å². The molecule has 1 aromatic heterocycles. The molecule has 1 aliphatic carbocycles. The zero-order valence-electron chi connectivity index (χ0n) is 17.7. The maximum atomic E-state index is 13.3. The van der Waals surface area contributed by atoms with Crippen LogP contribution < -0.4 is 10.2 Å². The molecular weight excluding hydrogens is 380 g/mol. The number of benzene rings is 1. The smallest absolute Gasteiger partial charge is 0.336 e. The molecule has 0 radical (unpaired) electrons. The standard InChI is InChI=1S/C24H26N2O4/c1-14-21(24(28)29-4)23(20-6-5-11-30-20)22-18(25-14)12-16(13-19(22)27)15-7-9-17(10-8-15)26(2)3/h5-11,16,23,25H,12-13H2,1-4H3/t16-,23-/m1/s1. The van der Waals surface area contributed by atoms with Crippen molar-refractivity contribution in [2.75, 3.05) is 26.1 Å². The van der Waals surface area contributed by atoms with Crippen LogP contribution in [-0.2, 0) is 14.3 Å². The number of ketones is 1. The van der Waals surface area contributed by atoms with E-state index in [4.69, 9.17) is 9.15 Å². The average molecular weight is 406 g/mol. The van der Waals surface area contributed by atoms with Gasteiger partial charge in [-0.3, -0.25) is 4.79 Å². The number of nitrogens with one attached hydrogen (secondary N) is 1. The van der Waals surface area contributed by atoms with Crippen molar-refractivity contribution < 1.29 is 18.7 Å². The molecular formula is C24H26N2O4. The van der Waals surface area contributed by atoms with Gasteiger partial charge in [0.05, 0.1) is 24.9 Å². The van der Waals surface area contributed by atoms with Crippen LogP contribution in [0.4, 0.5) is 5.69 Å².